The molecular weight excluding hydrogens is 304 g/mol. The SMILES string of the molecule is COC(=O)c1ccc(OCCCCCC[NH+]2CC[NH+](C)CC2)cc1. The van der Waals surface area contributed by atoms with Crippen LogP contribution in [0, 0.1) is 0 Å². The van der Waals surface area contributed by atoms with E-state index in [2.05, 4.69) is 11.8 Å². The number of unbranched alkanes of at least 4 members (excludes halogenated alkanes) is 3. The van der Waals surface area contributed by atoms with E-state index >= 15 is 0 Å². The quantitative estimate of drug-likeness (QED) is 0.486. The number of hydrogen-bond acceptors (Lipinski definition) is 3. The van der Waals surface area contributed by atoms with Crippen LogP contribution in [0.1, 0.15) is 36.0 Å². The fourth-order valence-electron chi connectivity index (χ4n) is 3.11. The van der Waals surface area contributed by atoms with Crippen molar-refractivity contribution in [2.24, 2.45) is 0 Å². The Balaban J connectivity index is 1.50. The standard InChI is InChI=1S/C19H30N2O3/c1-20-12-14-21(15-13-20)11-5-3-4-6-16-24-18-9-7-17(8-10-18)19(22)23-2/h7-10H,3-6,11-16H2,1-2H3/p+2. The summed E-state index contributed by atoms with van der Waals surface area (Å²) < 4.78 is 10.4. The zero-order valence-corrected chi connectivity index (χ0v) is 15.1. The summed E-state index contributed by atoms with van der Waals surface area (Å²) in [5.74, 6) is 0.498. The van der Waals surface area contributed by atoms with Crippen LogP contribution in [0.25, 0.3) is 0 Å². The molecule has 0 radical (unpaired) electrons. The number of piperazine rings is 1. The molecule has 1 saturated heterocycles. The van der Waals surface area contributed by atoms with Crippen LogP contribution in [0.15, 0.2) is 24.3 Å². The van der Waals surface area contributed by atoms with Crippen LogP contribution in [-0.4, -0.2) is 59.5 Å². The van der Waals surface area contributed by atoms with E-state index in [-0.39, 0.29) is 5.97 Å². The van der Waals surface area contributed by atoms with Gasteiger partial charge in [0.15, 0.2) is 0 Å². The van der Waals surface area contributed by atoms with Crippen LogP contribution < -0.4 is 14.5 Å². The Kier molecular flexibility index (Phi) is 8.05. The molecule has 0 amide bonds. The number of quaternary nitrogens is 2. The average Bonchev–Trinajstić information content (AvgIpc) is 2.62. The van der Waals surface area contributed by atoms with E-state index in [9.17, 15) is 4.79 Å². The first kappa shape index (κ1) is 18.7. The molecule has 0 spiro atoms. The lowest BCUT2D eigenvalue weighted by molar-refractivity contribution is -1.00. The molecular formula is C19H32N2O3+2. The van der Waals surface area contributed by atoms with Crippen molar-refractivity contribution in [3.05, 3.63) is 29.8 Å². The topological polar surface area (TPSA) is 44.4 Å². The lowest BCUT2D eigenvalue weighted by Crippen LogP contribution is -3.27. The molecule has 0 aliphatic carbocycles. The molecule has 5 heteroatoms. The van der Waals surface area contributed by atoms with Gasteiger partial charge in [0.2, 0.25) is 0 Å². The molecule has 1 fully saturated rings. The third-order valence-electron chi connectivity index (χ3n) is 4.78. The molecule has 24 heavy (non-hydrogen) atoms. The van der Waals surface area contributed by atoms with Crippen LogP contribution in [0.5, 0.6) is 5.75 Å². The van der Waals surface area contributed by atoms with Gasteiger partial charge in [0.1, 0.15) is 31.9 Å². The van der Waals surface area contributed by atoms with Crippen molar-refractivity contribution >= 4 is 5.97 Å². The van der Waals surface area contributed by atoms with Crippen LogP contribution in [0.2, 0.25) is 0 Å². The van der Waals surface area contributed by atoms with Gasteiger partial charge in [-0.3, -0.25) is 0 Å². The normalized spacial score (nSPS) is 20.6. The van der Waals surface area contributed by atoms with Gasteiger partial charge in [0.25, 0.3) is 0 Å². The van der Waals surface area contributed by atoms with E-state index < -0.39 is 0 Å². The van der Waals surface area contributed by atoms with E-state index in [0.29, 0.717) is 5.56 Å². The average molecular weight is 336 g/mol. The maximum atomic E-state index is 11.3. The van der Waals surface area contributed by atoms with Crippen molar-refractivity contribution in [1.82, 2.24) is 0 Å². The number of hydrogen-bond donors (Lipinski definition) is 2. The van der Waals surface area contributed by atoms with E-state index in [0.717, 1.165) is 18.8 Å². The molecule has 0 saturated carbocycles. The molecule has 2 rings (SSSR count). The van der Waals surface area contributed by atoms with Gasteiger partial charge < -0.3 is 19.3 Å². The Hall–Kier alpha value is -1.59. The van der Waals surface area contributed by atoms with E-state index in [1.165, 1.54) is 59.1 Å². The minimum Gasteiger partial charge on any atom is -0.494 e. The predicted octanol–water partition coefficient (Wildman–Crippen LogP) is -0.174. The molecule has 1 aromatic rings. The van der Waals surface area contributed by atoms with Crippen molar-refractivity contribution < 1.29 is 24.1 Å². The third-order valence-corrected chi connectivity index (χ3v) is 4.78. The maximum absolute atomic E-state index is 11.3. The summed E-state index contributed by atoms with van der Waals surface area (Å²) in [7, 11) is 3.68. The van der Waals surface area contributed by atoms with Gasteiger partial charge in [-0.05, 0) is 49.9 Å². The van der Waals surface area contributed by atoms with Gasteiger partial charge in [0.05, 0.1) is 32.9 Å². The number of nitrogens with one attached hydrogen (secondary N) is 2. The first-order chi connectivity index (χ1) is 11.7. The van der Waals surface area contributed by atoms with Crippen LogP contribution >= 0.6 is 0 Å². The Morgan fingerprint density at radius 3 is 2.33 bits per heavy atom. The summed E-state index contributed by atoms with van der Waals surface area (Å²) in [4.78, 5) is 14.8. The second-order valence-corrected chi connectivity index (χ2v) is 6.74. The van der Waals surface area contributed by atoms with Crippen LogP contribution in [-0.2, 0) is 4.74 Å². The van der Waals surface area contributed by atoms with E-state index in [1.807, 2.05) is 12.1 Å². The Morgan fingerprint density at radius 2 is 1.67 bits per heavy atom. The van der Waals surface area contributed by atoms with Gasteiger partial charge >= 0.3 is 5.97 Å². The lowest BCUT2D eigenvalue weighted by Gasteiger charge is -2.27. The third kappa shape index (κ3) is 6.49. The van der Waals surface area contributed by atoms with Crippen molar-refractivity contribution in [2.45, 2.75) is 25.7 Å². The fraction of sp³-hybridized carbons (Fsp3) is 0.632. The Morgan fingerprint density at radius 1 is 1.00 bits per heavy atom. The summed E-state index contributed by atoms with van der Waals surface area (Å²) in [5.41, 5.74) is 0.554. The smallest absolute Gasteiger partial charge is 0.337 e. The summed E-state index contributed by atoms with van der Waals surface area (Å²) in [6.45, 7) is 7.36. The molecule has 2 N–H and O–H groups in total. The molecule has 1 heterocycles. The maximum Gasteiger partial charge on any atom is 0.337 e. The van der Waals surface area contributed by atoms with Gasteiger partial charge in [0, 0.05) is 0 Å². The number of likely N-dealkylation sites (N-methyl/N-ethyl adjacent to an activating group) is 1. The lowest BCUT2D eigenvalue weighted by atomic mass is 10.2. The Labute approximate surface area is 145 Å². The number of carbonyl (C=O) groups is 1. The number of esters is 1. The first-order valence-electron chi connectivity index (χ1n) is 9.15. The number of ether oxygens (including phenoxy) is 2. The second kappa shape index (κ2) is 10.3. The minimum absolute atomic E-state index is 0.314. The largest absolute Gasteiger partial charge is 0.494 e. The van der Waals surface area contributed by atoms with E-state index in [1.54, 1.807) is 21.9 Å². The molecule has 0 bridgehead atoms. The number of rotatable bonds is 9. The summed E-state index contributed by atoms with van der Waals surface area (Å²) in [6, 6.07) is 7.12. The van der Waals surface area contributed by atoms with Gasteiger partial charge in [-0.15, -0.1) is 0 Å². The number of carbonyl (C=O) groups excluding carboxylic acids is 1. The van der Waals surface area contributed by atoms with E-state index in [4.69, 9.17) is 4.74 Å². The molecule has 1 aliphatic heterocycles. The van der Waals surface area contributed by atoms with Gasteiger partial charge in [-0.1, -0.05) is 0 Å². The predicted molar refractivity (Wildman–Crippen MR) is 93.9 cm³/mol. The highest BCUT2D eigenvalue weighted by atomic mass is 16.5. The van der Waals surface area contributed by atoms with Gasteiger partial charge in [-0.2, -0.15) is 0 Å². The molecule has 0 aromatic heterocycles. The molecule has 0 atom stereocenters. The second-order valence-electron chi connectivity index (χ2n) is 6.74. The highest BCUT2D eigenvalue weighted by Gasteiger charge is 2.18. The Bertz CT molecular complexity index is 482. The number of methoxy groups -OCH3 is 1. The fourth-order valence-corrected chi connectivity index (χ4v) is 3.11. The summed E-state index contributed by atoms with van der Waals surface area (Å²) in [5, 5.41) is 0. The molecule has 0 unspecified atom stereocenters. The van der Waals surface area contributed by atoms with Crippen molar-refractivity contribution in [3.8, 4) is 5.75 Å². The van der Waals surface area contributed by atoms with Crippen molar-refractivity contribution in [2.75, 3.05) is 53.5 Å². The minimum atomic E-state index is -0.314. The molecule has 1 aromatic carbocycles. The first-order valence-corrected chi connectivity index (χ1v) is 9.15. The molecule has 134 valence electrons. The zero-order chi connectivity index (χ0) is 17.2. The number of benzene rings is 1. The van der Waals surface area contributed by atoms with Crippen molar-refractivity contribution in [3.63, 3.8) is 0 Å². The molecule has 5 nitrogen and oxygen atoms in total. The monoisotopic (exact) mass is 336 g/mol. The summed E-state index contributed by atoms with van der Waals surface area (Å²) >= 11 is 0. The van der Waals surface area contributed by atoms with Gasteiger partial charge in [-0.25, -0.2) is 4.79 Å². The highest BCUT2D eigenvalue weighted by molar-refractivity contribution is 5.89. The zero-order valence-electron chi connectivity index (χ0n) is 15.1. The van der Waals surface area contributed by atoms with Crippen molar-refractivity contribution in [1.29, 1.82) is 0 Å². The highest BCUT2D eigenvalue weighted by Crippen LogP contribution is 2.13. The summed E-state index contributed by atoms with van der Waals surface area (Å²) in [6.07, 6.45) is 4.92. The molecule has 1 aliphatic rings. The van der Waals surface area contributed by atoms with Crippen LogP contribution in [0.4, 0.5) is 0 Å². The van der Waals surface area contributed by atoms with Crippen LogP contribution in [0.3, 0.4) is 0 Å².